The minimum Gasteiger partial charge on any atom is -0.348 e. The third-order valence-electron chi connectivity index (χ3n) is 4.48. The molecule has 2 heterocycles. The Labute approximate surface area is 144 Å². The average molecular weight is 341 g/mol. The van der Waals surface area contributed by atoms with Crippen LogP contribution < -0.4 is 5.32 Å². The fourth-order valence-corrected chi connectivity index (χ4v) is 3.17. The van der Waals surface area contributed by atoms with Gasteiger partial charge in [-0.05, 0) is 49.1 Å². The number of fused-ring (bicyclic) bond motifs is 1. The summed E-state index contributed by atoms with van der Waals surface area (Å²) in [5.41, 5.74) is 3.63. The number of halogens is 1. The number of benzene rings is 1. The first-order valence-electron chi connectivity index (χ1n) is 7.95. The molecule has 0 bridgehead atoms. The van der Waals surface area contributed by atoms with Crippen molar-refractivity contribution >= 4 is 23.2 Å². The third kappa shape index (κ3) is 2.55. The first-order valence-corrected chi connectivity index (χ1v) is 8.33. The topological polar surface area (TPSA) is 59.3 Å². The largest absolute Gasteiger partial charge is 0.348 e. The molecule has 6 heteroatoms. The van der Waals surface area contributed by atoms with Gasteiger partial charge in [-0.3, -0.25) is 4.79 Å². The predicted molar refractivity (Wildman–Crippen MR) is 93.2 cm³/mol. The molecule has 0 saturated heterocycles. The number of hydrogen-bond acceptors (Lipinski definition) is 3. The van der Waals surface area contributed by atoms with E-state index < -0.39 is 0 Å². The Hall–Kier alpha value is -2.40. The number of carbonyl (C=O) groups excluding carboxylic acids is 1. The molecular formula is C18H17ClN4O. The van der Waals surface area contributed by atoms with Crippen molar-refractivity contribution < 1.29 is 4.79 Å². The Morgan fingerprint density at radius 2 is 2.17 bits per heavy atom. The second-order valence-electron chi connectivity index (χ2n) is 6.35. The highest BCUT2D eigenvalue weighted by Crippen LogP contribution is 2.32. The quantitative estimate of drug-likeness (QED) is 0.794. The van der Waals surface area contributed by atoms with Crippen LogP contribution in [0.1, 0.15) is 29.4 Å². The first-order chi connectivity index (χ1) is 11.5. The minimum absolute atomic E-state index is 0.154. The van der Waals surface area contributed by atoms with E-state index in [1.165, 1.54) is 0 Å². The summed E-state index contributed by atoms with van der Waals surface area (Å²) in [6.07, 6.45) is 2.71. The standard InChI is InChI=1S/C18H17ClN4O/c1-10-8-12(19)5-6-13(10)17-16(18(24)21-14-9-11(14)2)22-15-4-3-7-20-23(15)17/h3-8,11,14H,9H2,1-2H3,(H,21,24)/t11-,14+/m0/s1. The summed E-state index contributed by atoms with van der Waals surface area (Å²) in [5, 5.41) is 8.09. The molecule has 1 N–H and O–H groups in total. The van der Waals surface area contributed by atoms with Crippen molar-refractivity contribution in [2.45, 2.75) is 26.3 Å². The van der Waals surface area contributed by atoms with Crippen molar-refractivity contribution in [1.29, 1.82) is 0 Å². The van der Waals surface area contributed by atoms with Gasteiger partial charge in [0.1, 0.15) is 5.69 Å². The van der Waals surface area contributed by atoms with E-state index in [1.807, 2.05) is 37.3 Å². The molecule has 1 fully saturated rings. The Kier molecular flexibility index (Phi) is 3.53. The fraction of sp³-hybridized carbons (Fsp3) is 0.278. The molecule has 24 heavy (non-hydrogen) atoms. The lowest BCUT2D eigenvalue weighted by atomic mass is 10.0. The van der Waals surface area contributed by atoms with Crippen molar-refractivity contribution in [3.8, 4) is 11.3 Å². The summed E-state index contributed by atoms with van der Waals surface area (Å²) in [6.45, 7) is 4.09. The Morgan fingerprint density at radius 3 is 2.88 bits per heavy atom. The van der Waals surface area contributed by atoms with Crippen molar-refractivity contribution in [3.63, 3.8) is 0 Å². The highest BCUT2D eigenvalue weighted by atomic mass is 35.5. The number of carbonyl (C=O) groups is 1. The second kappa shape index (κ2) is 5.60. The highest BCUT2D eigenvalue weighted by molar-refractivity contribution is 6.30. The smallest absolute Gasteiger partial charge is 0.272 e. The average Bonchev–Trinajstić information content (AvgIpc) is 3.09. The van der Waals surface area contributed by atoms with Gasteiger partial charge in [-0.25, -0.2) is 9.50 Å². The summed E-state index contributed by atoms with van der Waals surface area (Å²) in [4.78, 5) is 17.3. The normalized spacial score (nSPS) is 19.5. The number of nitrogens with one attached hydrogen (secondary N) is 1. The molecule has 3 aromatic rings. The molecule has 0 radical (unpaired) electrons. The zero-order valence-corrected chi connectivity index (χ0v) is 14.2. The van der Waals surface area contributed by atoms with Crippen molar-refractivity contribution in [2.24, 2.45) is 5.92 Å². The third-order valence-corrected chi connectivity index (χ3v) is 4.71. The molecule has 1 saturated carbocycles. The van der Waals surface area contributed by atoms with Crippen LogP contribution in [0.15, 0.2) is 36.5 Å². The number of aryl methyl sites for hydroxylation is 1. The lowest BCUT2D eigenvalue weighted by Gasteiger charge is -2.08. The van der Waals surface area contributed by atoms with Crippen LogP contribution in [0.2, 0.25) is 5.02 Å². The minimum atomic E-state index is -0.154. The molecule has 2 atom stereocenters. The zero-order chi connectivity index (χ0) is 16.8. The molecule has 1 aliphatic carbocycles. The zero-order valence-electron chi connectivity index (χ0n) is 13.5. The number of rotatable bonds is 3. The second-order valence-corrected chi connectivity index (χ2v) is 6.79. The SMILES string of the molecule is Cc1cc(Cl)ccc1-c1c(C(=O)N[C@@H]2C[C@@H]2C)nc2cccnn12. The van der Waals surface area contributed by atoms with E-state index in [-0.39, 0.29) is 11.9 Å². The van der Waals surface area contributed by atoms with Gasteiger partial charge < -0.3 is 5.32 Å². The number of hydrogen-bond donors (Lipinski definition) is 1. The lowest BCUT2D eigenvalue weighted by molar-refractivity contribution is 0.0945. The van der Waals surface area contributed by atoms with Crippen molar-refractivity contribution in [2.75, 3.05) is 0 Å². The van der Waals surface area contributed by atoms with Gasteiger partial charge in [-0.2, -0.15) is 5.10 Å². The van der Waals surface area contributed by atoms with Gasteiger partial charge in [0.25, 0.3) is 5.91 Å². The number of amides is 1. The van der Waals surface area contributed by atoms with Gasteiger partial charge in [-0.1, -0.05) is 24.6 Å². The molecule has 1 aromatic carbocycles. The molecule has 5 nitrogen and oxygen atoms in total. The van der Waals surface area contributed by atoms with E-state index in [1.54, 1.807) is 10.7 Å². The van der Waals surface area contributed by atoms with E-state index in [0.29, 0.717) is 28.0 Å². The summed E-state index contributed by atoms with van der Waals surface area (Å²) >= 11 is 6.07. The van der Waals surface area contributed by atoms with Crippen LogP contribution in [0.3, 0.4) is 0 Å². The van der Waals surface area contributed by atoms with Gasteiger partial charge in [0, 0.05) is 22.8 Å². The molecule has 0 unspecified atom stereocenters. The Balaban J connectivity index is 1.88. The highest BCUT2D eigenvalue weighted by Gasteiger charge is 2.35. The van der Waals surface area contributed by atoms with Crippen LogP contribution in [-0.2, 0) is 0 Å². The van der Waals surface area contributed by atoms with Crippen LogP contribution in [-0.4, -0.2) is 26.5 Å². The number of imidazole rings is 1. The van der Waals surface area contributed by atoms with E-state index >= 15 is 0 Å². The van der Waals surface area contributed by atoms with Crippen molar-refractivity contribution in [1.82, 2.24) is 19.9 Å². The summed E-state index contributed by atoms with van der Waals surface area (Å²) in [6, 6.07) is 9.51. The van der Waals surface area contributed by atoms with Gasteiger partial charge in [-0.15, -0.1) is 0 Å². The summed E-state index contributed by atoms with van der Waals surface area (Å²) < 4.78 is 1.71. The summed E-state index contributed by atoms with van der Waals surface area (Å²) in [5.74, 6) is 0.379. The van der Waals surface area contributed by atoms with Crippen LogP contribution in [0, 0.1) is 12.8 Å². The molecule has 0 spiro atoms. The fourth-order valence-electron chi connectivity index (χ4n) is 2.94. The maximum absolute atomic E-state index is 12.7. The van der Waals surface area contributed by atoms with Crippen LogP contribution >= 0.6 is 11.6 Å². The number of aromatic nitrogens is 3. The summed E-state index contributed by atoms with van der Waals surface area (Å²) in [7, 11) is 0. The number of nitrogens with zero attached hydrogens (tertiary/aromatic N) is 3. The maximum atomic E-state index is 12.7. The molecule has 1 aliphatic rings. The first kappa shape index (κ1) is 15.1. The van der Waals surface area contributed by atoms with Crippen LogP contribution in [0.4, 0.5) is 0 Å². The molecule has 1 amide bonds. The molecule has 122 valence electrons. The lowest BCUT2D eigenvalue weighted by Crippen LogP contribution is -2.27. The van der Waals surface area contributed by atoms with Crippen molar-refractivity contribution in [3.05, 3.63) is 52.8 Å². The van der Waals surface area contributed by atoms with Gasteiger partial charge >= 0.3 is 0 Å². The van der Waals surface area contributed by atoms with Crippen LogP contribution in [0.25, 0.3) is 16.9 Å². The molecular weight excluding hydrogens is 324 g/mol. The van der Waals surface area contributed by atoms with Gasteiger partial charge in [0.2, 0.25) is 0 Å². The molecule has 4 rings (SSSR count). The Bertz CT molecular complexity index is 949. The van der Waals surface area contributed by atoms with E-state index in [2.05, 4.69) is 22.3 Å². The Morgan fingerprint density at radius 1 is 1.38 bits per heavy atom. The molecule has 0 aliphatic heterocycles. The monoisotopic (exact) mass is 340 g/mol. The van der Waals surface area contributed by atoms with Gasteiger partial charge in [0.05, 0.1) is 0 Å². The maximum Gasteiger partial charge on any atom is 0.272 e. The molecule has 2 aromatic heterocycles. The van der Waals surface area contributed by atoms with E-state index in [9.17, 15) is 4.79 Å². The van der Waals surface area contributed by atoms with E-state index in [0.717, 1.165) is 17.5 Å². The van der Waals surface area contributed by atoms with Crippen LogP contribution in [0.5, 0.6) is 0 Å². The predicted octanol–water partition coefficient (Wildman–Crippen LogP) is 3.50. The van der Waals surface area contributed by atoms with E-state index in [4.69, 9.17) is 11.6 Å². The van der Waals surface area contributed by atoms with Gasteiger partial charge in [0.15, 0.2) is 11.3 Å².